The molecule has 0 saturated heterocycles. The molecule has 0 unspecified atom stereocenters. The van der Waals surface area contributed by atoms with Crippen molar-refractivity contribution in [3.63, 3.8) is 0 Å². The van der Waals surface area contributed by atoms with Gasteiger partial charge in [0.25, 0.3) is 0 Å². The van der Waals surface area contributed by atoms with Gasteiger partial charge in [-0.2, -0.15) is 8.42 Å². The minimum absolute atomic E-state index is 0. The molecule has 6 nitrogen and oxygen atoms in total. The van der Waals surface area contributed by atoms with Crippen molar-refractivity contribution in [1.82, 2.24) is 0 Å². The summed E-state index contributed by atoms with van der Waals surface area (Å²) in [4.78, 5) is 10.3. The summed E-state index contributed by atoms with van der Waals surface area (Å²) in [6, 6.07) is 0. The molecule has 0 aliphatic carbocycles. The standard InChI is InChI=1S/C18H34O2.Na.H2O4S.H/c1-2-3-4-5-6-7-8-9-10-11-12-13-14-15-16-17-18(19)20;;1-5(2,3)4;/h9-10H,2-8,11-17H2,1H3,(H,19,20);;(H2,1,2,3,4);/q;+1;;-1. The van der Waals surface area contributed by atoms with E-state index in [-0.39, 0.29) is 31.0 Å². The molecule has 0 atom stereocenters. The van der Waals surface area contributed by atoms with Gasteiger partial charge in [-0.3, -0.25) is 13.9 Å². The molecule has 8 heteroatoms. The van der Waals surface area contributed by atoms with Crippen LogP contribution in [0.4, 0.5) is 0 Å². The van der Waals surface area contributed by atoms with Crippen LogP contribution in [0.5, 0.6) is 0 Å². The first-order chi connectivity index (χ1) is 11.8. The van der Waals surface area contributed by atoms with Crippen LogP contribution in [0, 0.1) is 0 Å². The van der Waals surface area contributed by atoms with Gasteiger partial charge in [-0.05, 0) is 32.1 Å². The number of allylic oxidation sites excluding steroid dienone is 2. The van der Waals surface area contributed by atoms with Crippen molar-refractivity contribution < 1.29 is 58.4 Å². The zero-order valence-electron chi connectivity index (χ0n) is 17.5. The van der Waals surface area contributed by atoms with E-state index in [1.807, 2.05) is 0 Å². The van der Waals surface area contributed by atoms with Crippen molar-refractivity contribution in [2.45, 2.75) is 96.8 Å². The Kier molecular flexibility index (Phi) is 27.4. The average Bonchev–Trinajstić information content (AvgIpc) is 2.49. The minimum atomic E-state index is -4.67. The van der Waals surface area contributed by atoms with Crippen LogP contribution in [0.2, 0.25) is 0 Å². The molecular weight excluding hydrogens is 367 g/mol. The van der Waals surface area contributed by atoms with E-state index in [2.05, 4.69) is 19.1 Å². The Morgan fingerprint density at radius 1 is 0.808 bits per heavy atom. The Hall–Kier alpha value is 0.0800. The summed E-state index contributed by atoms with van der Waals surface area (Å²) in [6.07, 6.45) is 21.2. The number of carboxylic acids is 1. The molecule has 26 heavy (non-hydrogen) atoms. The first-order valence-electron chi connectivity index (χ1n) is 9.34. The number of carboxylic acid groups (broad SMARTS) is 1. The van der Waals surface area contributed by atoms with Crippen LogP contribution >= 0.6 is 0 Å². The molecule has 152 valence electrons. The Morgan fingerprint density at radius 3 is 1.54 bits per heavy atom. The Bertz CT molecular complexity index is 422. The summed E-state index contributed by atoms with van der Waals surface area (Å²) in [5.41, 5.74) is 0. The number of hydrogen-bond acceptors (Lipinski definition) is 3. The van der Waals surface area contributed by atoms with E-state index in [9.17, 15) is 4.79 Å². The third kappa shape index (κ3) is 44.0. The van der Waals surface area contributed by atoms with Gasteiger partial charge in [-0.1, -0.05) is 70.4 Å². The fourth-order valence-corrected chi connectivity index (χ4v) is 2.35. The number of unbranched alkanes of at least 4 members (excludes halogenated alkanes) is 11. The molecule has 0 amide bonds. The van der Waals surface area contributed by atoms with Gasteiger partial charge in [-0.15, -0.1) is 0 Å². The molecule has 0 heterocycles. The molecule has 0 fully saturated rings. The molecule has 0 saturated carbocycles. The van der Waals surface area contributed by atoms with Gasteiger partial charge in [-0.25, -0.2) is 0 Å². The summed E-state index contributed by atoms with van der Waals surface area (Å²) in [5.74, 6) is -0.664. The van der Waals surface area contributed by atoms with Crippen molar-refractivity contribution in [2.75, 3.05) is 0 Å². The number of rotatable bonds is 15. The van der Waals surface area contributed by atoms with Gasteiger partial charge < -0.3 is 6.53 Å². The second-order valence-electron chi connectivity index (χ2n) is 6.18. The number of aliphatic carboxylic acids is 1. The maximum Gasteiger partial charge on any atom is 1.00 e. The van der Waals surface area contributed by atoms with Gasteiger partial charge in [0, 0.05) is 6.42 Å². The van der Waals surface area contributed by atoms with E-state index in [1.165, 1.54) is 70.6 Å². The third-order valence-corrected chi connectivity index (χ3v) is 3.65. The van der Waals surface area contributed by atoms with E-state index in [4.69, 9.17) is 22.6 Å². The smallest absolute Gasteiger partial charge is 1.00 e. The third-order valence-electron chi connectivity index (χ3n) is 3.65. The second kappa shape index (κ2) is 23.1. The van der Waals surface area contributed by atoms with Gasteiger partial charge in [0.2, 0.25) is 0 Å². The van der Waals surface area contributed by atoms with E-state index < -0.39 is 16.4 Å². The Labute approximate surface area is 183 Å². The van der Waals surface area contributed by atoms with Crippen LogP contribution in [0.25, 0.3) is 0 Å². The van der Waals surface area contributed by atoms with E-state index in [0.29, 0.717) is 6.42 Å². The Balaban J connectivity index is -0.000000333. The van der Waals surface area contributed by atoms with Crippen molar-refractivity contribution in [3.8, 4) is 0 Å². The average molecular weight is 405 g/mol. The van der Waals surface area contributed by atoms with Gasteiger partial charge in [0.15, 0.2) is 0 Å². The minimum Gasteiger partial charge on any atom is -1.00 e. The van der Waals surface area contributed by atoms with Crippen molar-refractivity contribution >= 4 is 16.4 Å². The monoisotopic (exact) mass is 404 g/mol. The number of hydrogen-bond donors (Lipinski definition) is 3. The number of carbonyl (C=O) groups is 1. The van der Waals surface area contributed by atoms with Crippen LogP contribution < -0.4 is 29.6 Å². The fourth-order valence-electron chi connectivity index (χ4n) is 2.35. The first-order valence-corrected chi connectivity index (χ1v) is 10.7. The second-order valence-corrected chi connectivity index (χ2v) is 7.07. The molecule has 0 aromatic carbocycles. The topological polar surface area (TPSA) is 112 Å². The van der Waals surface area contributed by atoms with Crippen molar-refractivity contribution in [1.29, 1.82) is 0 Å². The SMILES string of the molecule is CCCCCCCCC=CCCCCCCCC(=O)O.O=S(=O)(O)O.[H-].[Na+]. The van der Waals surface area contributed by atoms with Gasteiger partial charge in [0.05, 0.1) is 0 Å². The molecule has 0 aliphatic rings. The molecule has 0 aromatic heterocycles. The molecule has 0 aromatic rings. The van der Waals surface area contributed by atoms with Crippen molar-refractivity contribution in [3.05, 3.63) is 12.2 Å². The van der Waals surface area contributed by atoms with E-state index in [0.717, 1.165) is 12.8 Å². The van der Waals surface area contributed by atoms with Crippen LogP contribution in [0.1, 0.15) is 98.2 Å². The first kappa shape index (κ1) is 30.8. The molecular formula is C18H37NaO6S. The molecule has 0 radical (unpaired) electrons. The van der Waals surface area contributed by atoms with Crippen LogP contribution in [-0.4, -0.2) is 28.6 Å². The summed E-state index contributed by atoms with van der Waals surface area (Å²) in [6.45, 7) is 2.26. The van der Waals surface area contributed by atoms with E-state index in [1.54, 1.807) is 0 Å². The molecule has 0 aliphatic heterocycles. The zero-order chi connectivity index (χ0) is 19.4. The van der Waals surface area contributed by atoms with E-state index >= 15 is 0 Å². The van der Waals surface area contributed by atoms with Crippen LogP contribution in [-0.2, 0) is 15.2 Å². The van der Waals surface area contributed by atoms with Gasteiger partial charge in [0.1, 0.15) is 0 Å². The zero-order valence-corrected chi connectivity index (χ0v) is 19.3. The molecule has 0 spiro atoms. The predicted octanol–water partition coefficient (Wildman–Crippen LogP) is 2.57. The molecule has 3 N–H and O–H groups in total. The summed E-state index contributed by atoms with van der Waals surface area (Å²) < 4.78 is 31.6. The quantitative estimate of drug-likeness (QED) is 0.167. The maximum absolute atomic E-state index is 10.3. The molecule has 0 rings (SSSR count). The van der Waals surface area contributed by atoms with Crippen LogP contribution in [0.15, 0.2) is 12.2 Å². The van der Waals surface area contributed by atoms with Crippen molar-refractivity contribution in [2.24, 2.45) is 0 Å². The fraction of sp³-hybridized carbons (Fsp3) is 0.833. The maximum atomic E-state index is 10.3. The predicted molar refractivity (Wildman–Crippen MR) is 102 cm³/mol. The normalized spacial score (nSPS) is 10.9. The largest absolute Gasteiger partial charge is 1.00 e. The summed E-state index contributed by atoms with van der Waals surface area (Å²) in [5, 5.41) is 8.51. The van der Waals surface area contributed by atoms with Crippen LogP contribution in [0.3, 0.4) is 0 Å². The molecule has 0 bridgehead atoms. The summed E-state index contributed by atoms with van der Waals surface area (Å²) in [7, 11) is -4.67. The summed E-state index contributed by atoms with van der Waals surface area (Å²) >= 11 is 0. The Morgan fingerprint density at radius 2 is 1.15 bits per heavy atom. The van der Waals surface area contributed by atoms with Gasteiger partial charge >= 0.3 is 45.9 Å².